The minimum absolute atomic E-state index is 0.707. The summed E-state index contributed by atoms with van der Waals surface area (Å²) in [7, 11) is 0. The molecule has 0 fully saturated rings. The maximum absolute atomic E-state index is 5.53. The van der Waals surface area contributed by atoms with Crippen LogP contribution in [0, 0.1) is 12.3 Å². The van der Waals surface area contributed by atoms with E-state index in [1.165, 1.54) is 11.1 Å². The molecule has 2 nitrogen and oxygen atoms in total. The van der Waals surface area contributed by atoms with E-state index in [4.69, 9.17) is 12.2 Å². The molecule has 1 rings (SSSR count). The van der Waals surface area contributed by atoms with Crippen molar-refractivity contribution in [2.75, 3.05) is 19.6 Å². The van der Waals surface area contributed by atoms with Crippen LogP contribution in [0.1, 0.15) is 24.5 Å². The molecule has 0 atom stereocenters. The van der Waals surface area contributed by atoms with Crippen molar-refractivity contribution >= 4 is 0 Å². The number of hydrogen-bond donors (Lipinski definition) is 1. The first-order valence-electron chi connectivity index (χ1n) is 6.23. The summed E-state index contributed by atoms with van der Waals surface area (Å²) in [4.78, 5) is 2.29. The zero-order chi connectivity index (χ0) is 12.5. The van der Waals surface area contributed by atoms with Crippen molar-refractivity contribution in [1.82, 2.24) is 4.90 Å². The van der Waals surface area contributed by atoms with Crippen LogP contribution >= 0.6 is 0 Å². The average molecular weight is 230 g/mol. The summed E-state index contributed by atoms with van der Waals surface area (Å²) < 4.78 is 0. The maximum Gasteiger partial charge on any atom is 0.0601 e. The van der Waals surface area contributed by atoms with Gasteiger partial charge >= 0.3 is 0 Å². The molecule has 0 amide bonds. The third kappa shape index (κ3) is 5.04. The number of nitrogens with zero attached hydrogens (tertiary/aromatic N) is 1. The number of rotatable bonds is 7. The van der Waals surface area contributed by atoms with Crippen LogP contribution in [0.5, 0.6) is 0 Å². The molecule has 0 spiro atoms. The fourth-order valence-electron chi connectivity index (χ4n) is 1.90. The fourth-order valence-corrected chi connectivity index (χ4v) is 1.90. The minimum Gasteiger partial charge on any atom is -0.330 e. The molecule has 0 bridgehead atoms. The quantitative estimate of drug-likeness (QED) is 0.726. The molecule has 0 aromatic heterocycles. The molecule has 0 aliphatic carbocycles. The Balaban J connectivity index is 2.57. The van der Waals surface area contributed by atoms with Gasteiger partial charge in [-0.2, -0.15) is 0 Å². The van der Waals surface area contributed by atoms with Gasteiger partial charge in [-0.05, 0) is 37.1 Å². The van der Waals surface area contributed by atoms with Gasteiger partial charge in [-0.15, -0.1) is 6.42 Å². The lowest BCUT2D eigenvalue weighted by atomic mass is 10.1. The van der Waals surface area contributed by atoms with Gasteiger partial charge in [-0.25, -0.2) is 0 Å². The Morgan fingerprint density at radius 3 is 2.41 bits per heavy atom. The topological polar surface area (TPSA) is 29.3 Å². The van der Waals surface area contributed by atoms with Crippen molar-refractivity contribution in [3.63, 3.8) is 0 Å². The van der Waals surface area contributed by atoms with E-state index in [0.717, 1.165) is 32.5 Å². The van der Waals surface area contributed by atoms with Gasteiger partial charge in [0.15, 0.2) is 0 Å². The number of nitrogens with two attached hydrogens (primary N) is 1. The van der Waals surface area contributed by atoms with Crippen LogP contribution in [0.3, 0.4) is 0 Å². The molecule has 17 heavy (non-hydrogen) atoms. The lowest BCUT2D eigenvalue weighted by molar-refractivity contribution is 0.299. The summed E-state index contributed by atoms with van der Waals surface area (Å²) >= 11 is 0. The van der Waals surface area contributed by atoms with Crippen LogP contribution in [0.4, 0.5) is 0 Å². The van der Waals surface area contributed by atoms with E-state index < -0.39 is 0 Å². The molecule has 2 N–H and O–H groups in total. The number of hydrogen-bond acceptors (Lipinski definition) is 2. The predicted octanol–water partition coefficient (Wildman–Crippen LogP) is 2.03. The highest BCUT2D eigenvalue weighted by Gasteiger charge is 2.03. The minimum atomic E-state index is 0.707. The first-order valence-corrected chi connectivity index (χ1v) is 6.23. The molecule has 0 aliphatic heterocycles. The lowest BCUT2D eigenvalue weighted by Gasteiger charge is -2.19. The molecule has 1 aromatic carbocycles. The third-order valence-corrected chi connectivity index (χ3v) is 2.72. The molecular weight excluding hydrogens is 208 g/mol. The van der Waals surface area contributed by atoms with Crippen LogP contribution < -0.4 is 5.73 Å². The van der Waals surface area contributed by atoms with E-state index in [1.54, 1.807) is 0 Å². The highest BCUT2D eigenvalue weighted by atomic mass is 15.1. The van der Waals surface area contributed by atoms with E-state index in [0.29, 0.717) is 6.54 Å². The van der Waals surface area contributed by atoms with Crippen molar-refractivity contribution < 1.29 is 0 Å². The molecule has 0 aliphatic rings. The Hall–Kier alpha value is -1.30. The van der Waals surface area contributed by atoms with Crippen LogP contribution in [0.15, 0.2) is 24.3 Å². The second kappa shape index (κ2) is 7.89. The Labute approximate surface area is 105 Å². The normalized spacial score (nSPS) is 10.5. The molecule has 1 aromatic rings. The number of terminal acetylenes is 1. The molecule has 0 saturated carbocycles. The van der Waals surface area contributed by atoms with Gasteiger partial charge < -0.3 is 5.73 Å². The van der Waals surface area contributed by atoms with Gasteiger partial charge in [0, 0.05) is 6.54 Å². The molecule has 2 heteroatoms. The van der Waals surface area contributed by atoms with Gasteiger partial charge in [0.1, 0.15) is 0 Å². The van der Waals surface area contributed by atoms with Gasteiger partial charge in [0.2, 0.25) is 0 Å². The van der Waals surface area contributed by atoms with Crippen molar-refractivity contribution in [2.24, 2.45) is 5.73 Å². The highest BCUT2D eigenvalue weighted by molar-refractivity contribution is 5.22. The van der Waals surface area contributed by atoms with Gasteiger partial charge in [-0.3, -0.25) is 4.90 Å². The molecular formula is C15H22N2. The van der Waals surface area contributed by atoms with E-state index >= 15 is 0 Å². The predicted molar refractivity (Wildman–Crippen MR) is 73.6 cm³/mol. The third-order valence-electron chi connectivity index (χ3n) is 2.72. The van der Waals surface area contributed by atoms with E-state index in [9.17, 15) is 0 Å². The summed E-state index contributed by atoms with van der Waals surface area (Å²) in [5.41, 5.74) is 8.14. The van der Waals surface area contributed by atoms with Crippen LogP contribution in [-0.2, 0) is 13.0 Å². The first kappa shape index (κ1) is 13.8. The average Bonchev–Trinajstić information content (AvgIpc) is 2.33. The van der Waals surface area contributed by atoms with E-state index in [-0.39, 0.29) is 0 Å². The van der Waals surface area contributed by atoms with Crippen molar-refractivity contribution in [1.29, 1.82) is 0 Å². The summed E-state index contributed by atoms with van der Waals surface area (Å²) in [6.45, 7) is 5.58. The van der Waals surface area contributed by atoms with Gasteiger partial charge in [-0.1, -0.05) is 37.1 Å². The van der Waals surface area contributed by atoms with Gasteiger partial charge in [0.05, 0.1) is 6.54 Å². The summed E-state index contributed by atoms with van der Waals surface area (Å²) in [6.07, 6.45) is 7.45. The Bertz CT molecular complexity index is 348. The van der Waals surface area contributed by atoms with Crippen LogP contribution in [0.2, 0.25) is 0 Å². The maximum atomic E-state index is 5.53. The lowest BCUT2D eigenvalue weighted by Crippen LogP contribution is -2.24. The molecule has 0 saturated heterocycles. The Morgan fingerprint density at radius 1 is 1.24 bits per heavy atom. The molecule has 0 radical (unpaired) electrons. The van der Waals surface area contributed by atoms with Crippen molar-refractivity contribution in [3.8, 4) is 12.3 Å². The molecule has 0 heterocycles. The first-order chi connectivity index (χ1) is 8.30. The highest BCUT2D eigenvalue weighted by Crippen LogP contribution is 2.08. The fraction of sp³-hybridized carbons (Fsp3) is 0.467. The molecule has 0 unspecified atom stereocenters. The van der Waals surface area contributed by atoms with Crippen LogP contribution in [-0.4, -0.2) is 24.5 Å². The second-order valence-electron chi connectivity index (χ2n) is 4.27. The standard InChI is InChI=1S/C15H22N2/c1-3-11-17(12-4-2)13-15-7-5-14(6-8-15)9-10-16/h1,5-8H,4,9-13,16H2,2H3. The Morgan fingerprint density at radius 2 is 1.88 bits per heavy atom. The molecule has 92 valence electrons. The monoisotopic (exact) mass is 230 g/mol. The smallest absolute Gasteiger partial charge is 0.0601 e. The van der Waals surface area contributed by atoms with Crippen molar-refractivity contribution in [3.05, 3.63) is 35.4 Å². The van der Waals surface area contributed by atoms with Crippen molar-refractivity contribution in [2.45, 2.75) is 26.3 Å². The summed E-state index contributed by atoms with van der Waals surface area (Å²) in [5, 5.41) is 0. The largest absolute Gasteiger partial charge is 0.330 e. The Kier molecular flexibility index (Phi) is 6.39. The zero-order valence-electron chi connectivity index (χ0n) is 10.7. The van der Waals surface area contributed by atoms with E-state index in [2.05, 4.69) is 42.0 Å². The SMILES string of the molecule is C#CCN(CCC)Cc1ccc(CCN)cc1. The summed E-state index contributed by atoms with van der Waals surface area (Å²) in [6, 6.07) is 8.65. The zero-order valence-corrected chi connectivity index (χ0v) is 10.7. The summed E-state index contributed by atoms with van der Waals surface area (Å²) in [5.74, 6) is 2.71. The van der Waals surface area contributed by atoms with Crippen LogP contribution in [0.25, 0.3) is 0 Å². The number of benzene rings is 1. The van der Waals surface area contributed by atoms with Gasteiger partial charge in [0.25, 0.3) is 0 Å². The van der Waals surface area contributed by atoms with E-state index in [1.807, 2.05) is 0 Å². The second-order valence-corrected chi connectivity index (χ2v) is 4.27.